The van der Waals surface area contributed by atoms with Crippen LogP contribution < -0.4 is 14.4 Å². The van der Waals surface area contributed by atoms with E-state index in [0.717, 1.165) is 52.5 Å². The second-order valence-electron chi connectivity index (χ2n) is 9.97. The molecule has 1 unspecified atom stereocenters. The minimum absolute atomic E-state index is 0.118. The van der Waals surface area contributed by atoms with Crippen LogP contribution in [0.2, 0.25) is 0 Å². The highest BCUT2D eigenvalue weighted by Gasteiger charge is 2.33. The van der Waals surface area contributed by atoms with Crippen LogP contribution in [0.4, 0.5) is 10.1 Å². The first-order chi connectivity index (χ1) is 20.1. The molecule has 3 aromatic rings. The van der Waals surface area contributed by atoms with Crippen molar-refractivity contribution < 1.29 is 27.1 Å². The van der Waals surface area contributed by atoms with Gasteiger partial charge < -0.3 is 15.0 Å². The van der Waals surface area contributed by atoms with Gasteiger partial charge in [-0.15, -0.1) is 0 Å². The number of carbonyl (C=O) groups is 2. The Labute approximate surface area is 248 Å². The van der Waals surface area contributed by atoms with E-state index < -0.39 is 34.3 Å². The molecule has 3 aromatic carbocycles. The number of carbonyl (C=O) groups excluding carboxylic acids is 2. The highest BCUT2D eigenvalue weighted by molar-refractivity contribution is 7.92. The summed E-state index contributed by atoms with van der Waals surface area (Å²) in [5.41, 5.74) is 2.09. The molecule has 2 amide bonds. The molecule has 0 fully saturated rings. The maximum absolute atomic E-state index is 14.1. The summed E-state index contributed by atoms with van der Waals surface area (Å²) in [5.74, 6) is -0.877. The lowest BCUT2D eigenvalue weighted by molar-refractivity contribution is -0.140. The van der Waals surface area contributed by atoms with E-state index in [4.69, 9.17) is 4.74 Å². The number of amides is 2. The van der Waals surface area contributed by atoms with Gasteiger partial charge in [0.2, 0.25) is 11.8 Å². The highest BCUT2D eigenvalue weighted by Crippen LogP contribution is 2.27. The number of halogens is 1. The van der Waals surface area contributed by atoms with Crippen LogP contribution in [0, 0.1) is 12.7 Å². The van der Waals surface area contributed by atoms with Gasteiger partial charge in [-0.2, -0.15) is 0 Å². The second kappa shape index (κ2) is 15.3. The van der Waals surface area contributed by atoms with Crippen LogP contribution in [-0.2, 0) is 26.2 Å². The van der Waals surface area contributed by atoms with Crippen LogP contribution in [0.5, 0.6) is 5.75 Å². The number of benzene rings is 3. The van der Waals surface area contributed by atoms with E-state index >= 15 is 0 Å². The van der Waals surface area contributed by atoms with Crippen molar-refractivity contribution in [2.24, 2.45) is 0 Å². The van der Waals surface area contributed by atoms with Crippen molar-refractivity contribution in [2.45, 2.75) is 64.4 Å². The molecular formula is C32H40FN3O5S. The topological polar surface area (TPSA) is 96.0 Å². The van der Waals surface area contributed by atoms with Crippen molar-refractivity contribution in [2.75, 3.05) is 24.0 Å². The predicted molar refractivity (Wildman–Crippen MR) is 162 cm³/mol. The Bertz CT molecular complexity index is 1410. The Kier molecular flexibility index (Phi) is 11.9. The number of aryl methyl sites for hydroxylation is 1. The molecular weight excluding hydrogens is 557 g/mol. The molecule has 8 nitrogen and oxygen atoms in total. The standard InChI is InChI=1S/C32H40FN3O5S/c1-5-8-21-34-32(38)30(6-2)35(22-25-11-9-24(4)10-12-25)31(37)23-36(27-15-17-28(18-16-27)41-7-3)42(39,40)29-19-13-26(33)14-20-29/h9-20,30H,5-8,21-23H2,1-4H3,(H,34,38). The van der Waals surface area contributed by atoms with E-state index in [-0.39, 0.29) is 23.0 Å². The molecule has 226 valence electrons. The molecule has 1 atom stereocenters. The molecule has 0 aromatic heterocycles. The molecule has 3 rings (SSSR count). The van der Waals surface area contributed by atoms with Crippen molar-refractivity contribution in [1.82, 2.24) is 10.2 Å². The summed E-state index contributed by atoms with van der Waals surface area (Å²) in [5, 5.41) is 2.92. The summed E-state index contributed by atoms with van der Waals surface area (Å²) in [6, 6.07) is 17.6. The number of nitrogens with one attached hydrogen (secondary N) is 1. The highest BCUT2D eigenvalue weighted by atomic mass is 32.2. The van der Waals surface area contributed by atoms with E-state index in [1.807, 2.05) is 52.0 Å². The molecule has 0 saturated carbocycles. The SMILES string of the molecule is CCCCNC(=O)C(CC)N(Cc1ccc(C)cc1)C(=O)CN(c1ccc(OCC)cc1)S(=O)(=O)c1ccc(F)cc1. The number of unbranched alkanes of at least 4 members (excludes halogenated alkanes) is 1. The molecule has 0 aliphatic rings. The Hall–Kier alpha value is -3.92. The fraction of sp³-hybridized carbons (Fsp3) is 0.375. The molecule has 0 bridgehead atoms. The van der Waals surface area contributed by atoms with Gasteiger partial charge in [0, 0.05) is 13.1 Å². The van der Waals surface area contributed by atoms with Crippen LogP contribution >= 0.6 is 0 Å². The number of anilines is 1. The fourth-order valence-electron chi connectivity index (χ4n) is 4.45. The lowest BCUT2D eigenvalue weighted by Gasteiger charge is -2.33. The maximum Gasteiger partial charge on any atom is 0.264 e. The quantitative estimate of drug-likeness (QED) is 0.235. The molecule has 0 heterocycles. The van der Waals surface area contributed by atoms with Crippen LogP contribution in [0.25, 0.3) is 0 Å². The molecule has 0 spiro atoms. The molecule has 1 N–H and O–H groups in total. The van der Waals surface area contributed by atoms with Gasteiger partial charge >= 0.3 is 0 Å². The third-order valence-electron chi connectivity index (χ3n) is 6.81. The number of rotatable bonds is 15. The molecule has 10 heteroatoms. The van der Waals surface area contributed by atoms with Gasteiger partial charge in [0.1, 0.15) is 24.2 Å². The zero-order valence-corrected chi connectivity index (χ0v) is 25.5. The van der Waals surface area contributed by atoms with Gasteiger partial charge in [0.15, 0.2) is 0 Å². The summed E-state index contributed by atoms with van der Waals surface area (Å²) in [7, 11) is -4.30. The van der Waals surface area contributed by atoms with Gasteiger partial charge in [-0.3, -0.25) is 13.9 Å². The van der Waals surface area contributed by atoms with Crippen molar-refractivity contribution in [3.63, 3.8) is 0 Å². The average Bonchev–Trinajstić information content (AvgIpc) is 2.97. The molecule has 42 heavy (non-hydrogen) atoms. The van der Waals surface area contributed by atoms with Gasteiger partial charge in [-0.05, 0) is 80.8 Å². The Morgan fingerprint density at radius 3 is 2.14 bits per heavy atom. The summed E-state index contributed by atoms with van der Waals surface area (Å²) in [6.07, 6.45) is 2.04. The third kappa shape index (κ3) is 8.55. The van der Waals surface area contributed by atoms with Crippen molar-refractivity contribution >= 4 is 27.5 Å². The number of ether oxygens (including phenoxy) is 1. The van der Waals surface area contributed by atoms with E-state index in [1.165, 1.54) is 4.90 Å². The summed E-state index contributed by atoms with van der Waals surface area (Å²) in [6.45, 7) is 8.09. The van der Waals surface area contributed by atoms with E-state index in [1.54, 1.807) is 24.3 Å². The summed E-state index contributed by atoms with van der Waals surface area (Å²) >= 11 is 0. The van der Waals surface area contributed by atoms with Gasteiger partial charge in [-0.1, -0.05) is 50.1 Å². The Morgan fingerprint density at radius 2 is 1.57 bits per heavy atom. The van der Waals surface area contributed by atoms with Crippen molar-refractivity contribution in [3.05, 3.63) is 89.7 Å². The Morgan fingerprint density at radius 1 is 0.929 bits per heavy atom. The van der Waals surface area contributed by atoms with Gasteiger partial charge in [-0.25, -0.2) is 12.8 Å². The molecule has 0 aliphatic carbocycles. The normalized spacial score (nSPS) is 11.9. The lowest BCUT2D eigenvalue weighted by atomic mass is 10.1. The smallest absolute Gasteiger partial charge is 0.264 e. The fourth-order valence-corrected chi connectivity index (χ4v) is 5.87. The van der Waals surface area contributed by atoms with Crippen molar-refractivity contribution in [1.29, 1.82) is 0 Å². The van der Waals surface area contributed by atoms with E-state index in [0.29, 0.717) is 25.3 Å². The zero-order chi connectivity index (χ0) is 30.7. The monoisotopic (exact) mass is 597 g/mol. The first-order valence-electron chi connectivity index (χ1n) is 14.2. The van der Waals surface area contributed by atoms with Crippen molar-refractivity contribution in [3.8, 4) is 5.75 Å². The largest absolute Gasteiger partial charge is 0.494 e. The maximum atomic E-state index is 14.1. The minimum atomic E-state index is -4.30. The second-order valence-corrected chi connectivity index (χ2v) is 11.8. The van der Waals surface area contributed by atoms with E-state index in [2.05, 4.69) is 5.32 Å². The van der Waals surface area contributed by atoms with Gasteiger partial charge in [0.05, 0.1) is 17.2 Å². The van der Waals surface area contributed by atoms with Crippen LogP contribution in [-0.4, -0.2) is 50.9 Å². The summed E-state index contributed by atoms with van der Waals surface area (Å²) < 4.78 is 47.9. The molecule has 0 saturated heterocycles. The van der Waals surface area contributed by atoms with Gasteiger partial charge in [0.25, 0.3) is 10.0 Å². The Balaban J connectivity index is 2.03. The summed E-state index contributed by atoms with van der Waals surface area (Å²) in [4.78, 5) is 28.6. The number of hydrogen-bond donors (Lipinski definition) is 1. The molecule has 0 radical (unpaired) electrons. The number of hydrogen-bond acceptors (Lipinski definition) is 5. The zero-order valence-electron chi connectivity index (χ0n) is 24.7. The first kappa shape index (κ1) is 32.6. The van der Waals surface area contributed by atoms with Crippen LogP contribution in [0.1, 0.15) is 51.2 Å². The number of nitrogens with zero attached hydrogens (tertiary/aromatic N) is 2. The number of sulfonamides is 1. The van der Waals surface area contributed by atoms with E-state index in [9.17, 15) is 22.4 Å². The first-order valence-corrected chi connectivity index (χ1v) is 15.7. The lowest BCUT2D eigenvalue weighted by Crippen LogP contribution is -2.52. The average molecular weight is 598 g/mol. The molecule has 0 aliphatic heterocycles. The van der Waals surface area contributed by atoms with Crippen LogP contribution in [0.3, 0.4) is 0 Å². The minimum Gasteiger partial charge on any atom is -0.494 e. The predicted octanol–water partition coefficient (Wildman–Crippen LogP) is 5.45. The third-order valence-corrected chi connectivity index (χ3v) is 8.59. The van der Waals surface area contributed by atoms with Crippen LogP contribution in [0.15, 0.2) is 77.7 Å².